The van der Waals surface area contributed by atoms with Crippen molar-refractivity contribution in [2.75, 3.05) is 13.2 Å². The average molecular weight is 554 g/mol. The summed E-state index contributed by atoms with van der Waals surface area (Å²) in [7, 11) is 0. The molecule has 3 aromatic carbocycles. The summed E-state index contributed by atoms with van der Waals surface area (Å²) in [6.07, 6.45) is 7.29. The quantitative estimate of drug-likeness (QED) is 0.250. The molecule has 1 saturated heterocycles. The molecule has 0 radical (unpaired) electrons. The topological polar surface area (TPSA) is 93.9 Å². The van der Waals surface area contributed by atoms with Crippen LogP contribution in [0.5, 0.6) is 5.75 Å². The molecule has 8 nitrogen and oxygen atoms in total. The molecule has 1 saturated carbocycles. The summed E-state index contributed by atoms with van der Waals surface area (Å²) >= 11 is 0. The van der Waals surface area contributed by atoms with Gasteiger partial charge in [-0.1, -0.05) is 49.6 Å². The minimum atomic E-state index is -0.951. The van der Waals surface area contributed by atoms with Crippen LogP contribution >= 0.6 is 0 Å². The van der Waals surface area contributed by atoms with Crippen LogP contribution in [-0.4, -0.2) is 50.8 Å². The number of aromatic nitrogens is 2. The second kappa shape index (κ2) is 12.0. The van der Waals surface area contributed by atoms with Gasteiger partial charge in [-0.25, -0.2) is 14.6 Å². The van der Waals surface area contributed by atoms with Crippen molar-refractivity contribution in [3.8, 4) is 17.1 Å². The number of carboxylic acids is 1. The third-order valence-corrected chi connectivity index (χ3v) is 8.25. The van der Waals surface area contributed by atoms with Gasteiger partial charge in [0.15, 0.2) is 0 Å². The lowest BCUT2D eigenvalue weighted by Gasteiger charge is -2.26. The molecule has 6 rings (SSSR count). The van der Waals surface area contributed by atoms with E-state index < -0.39 is 5.97 Å². The van der Waals surface area contributed by atoms with Crippen molar-refractivity contribution >= 4 is 23.1 Å². The maximum atomic E-state index is 12.7. The first kappa shape index (κ1) is 26.9. The van der Waals surface area contributed by atoms with Crippen molar-refractivity contribution in [1.82, 2.24) is 14.5 Å². The Hall–Kier alpha value is -4.33. The second-order valence-corrected chi connectivity index (χ2v) is 11.0. The van der Waals surface area contributed by atoms with Gasteiger partial charge in [0.25, 0.3) is 0 Å². The van der Waals surface area contributed by atoms with Crippen LogP contribution in [-0.2, 0) is 11.3 Å². The lowest BCUT2D eigenvalue weighted by atomic mass is 9.95. The molecular weight excluding hydrogens is 518 g/mol. The Kier molecular flexibility index (Phi) is 7.89. The lowest BCUT2D eigenvalue weighted by molar-refractivity contribution is 0.0696. The van der Waals surface area contributed by atoms with Crippen LogP contribution in [0.2, 0.25) is 0 Å². The molecule has 1 aromatic heterocycles. The molecule has 2 fully saturated rings. The summed E-state index contributed by atoms with van der Waals surface area (Å²) in [6, 6.07) is 23.1. The largest absolute Gasteiger partial charge is 0.491 e. The standard InChI is InChI=1S/C33H35N3O5/c37-32(38)25-15-18-30-29(20-25)34-31(36(30)26-10-5-2-6-11-26)24-13-16-28(17-14-24)40-22-27-12-7-19-35(27)33(39)41-21-23-8-3-1-4-9-23/h1,3-4,8-9,13-18,20,26-27H,2,5-7,10-12,19,21-22H2,(H,37,38). The third kappa shape index (κ3) is 5.92. The van der Waals surface area contributed by atoms with Crippen LogP contribution in [0.4, 0.5) is 4.79 Å². The van der Waals surface area contributed by atoms with Crippen LogP contribution in [0.25, 0.3) is 22.4 Å². The van der Waals surface area contributed by atoms with Crippen LogP contribution < -0.4 is 4.74 Å². The van der Waals surface area contributed by atoms with Crippen molar-refractivity contribution in [2.24, 2.45) is 0 Å². The second-order valence-electron chi connectivity index (χ2n) is 11.0. The van der Waals surface area contributed by atoms with E-state index >= 15 is 0 Å². The molecule has 41 heavy (non-hydrogen) atoms. The van der Waals surface area contributed by atoms with E-state index in [2.05, 4.69) is 4.57 Å². The van der Waals surface area contributed by atoms with Crippen molar-refractivity contribution in [3.05, 3.63) is 83.9 Å². The van der Waals surface area contributed by atoms with Gasteiger partial charge in [-0.05, 0) is 73.7 Å². The highest BCUT2D eigenvalue weighted by atomic mass is 16.6. The first-order valence-electron chi connectivity index (χ1n) is 14.5. The van der Waals surface area contributed by atoms with E-state index in [-0.39, 0.29) is 24.3 Å². The van der Waals surface area contributed by atoms with Gasteiger partial charge in [0, 0.05) is 18.2 Å². The molecule has 0 spiro atoms. The number of nitrogens with zero attached hydrogens (tertiary/aromatic N) is 3. The van der Waals surface area contributed by atoms with Gasteiger partial charge in [0.05, 0.1) is 22.6 Å². The predicted molar refractivity (Wildman–Crippen MR) is 156 cm³/mol. The molecule has 1 atom stereocenters. The normalized spacial score (nSPS) is 17.6. The number of aromatic carboxylic acids is 1. The fourth-order valence-corrected chi connectivity index (χ4v) is 6.09. The molecule has 1 aliphatic heterocycles. The Morgan fingerprint density at radius 3 is 2.44 bits per heavy atom. The molecule has 1 amide bonds. The average Bonchev–Trinajstić information content (AvgIpc) is 3.64. The number of rotatable bonds is 8. The Labute approximate surface area is 239 Å². The lowest BCUT2D eigenvalue weighted by Crippen LogP contribution is -2.39. The number of fused-ring (bicyclic) bond motifs is 1. The maximum absolute atomic E-state index is 12.7. The summed E-state index contributed by atoms with van der Waals surface area (Å²) in [5.74, 6) is 0.628. The third-order valence-electron chi connectivity index (χ3n) is 8.25. The number of carbonyl (C=O) groups excluding carboxylic acids is 1. The van der Waals surface area contributed by atoms with E-state index in [4.69, 9.17) is 14.5 Å². The highest BCUT2D eigenvalue weighted by molar-refractivity contribution is 5.93. The smallest absolute Gasteiger partial charge is 0.410 e. The monoisotopic (exact) mass is 553 g/mol. The Morgan fingerprint density at radius 2 is 1.68 bits per heavy atom. The Morgan fingerprint density at radius 1 is 0.902 bits per heavy atom. The molecule has 4 aromatic rings. The summed E-state index contributed by atoms with van der Waals surface area (Å²) in [4.78, 5) is 31.0. The molecule has 1 unspecified atom stereocenters. The first-order chi connectivity index (χ1) is 20.1. The molecule has 2 aliphatic rings. The van der Waals surface area contributed by atoms with Gasteiger partial charge in [0.1, 0.15) is 24.8 Å². The number of hydrogen-bond acceptors (Lipinski definition) is 5. The van der Waals surface area contributed by atoms with Gasteiger partial charge >= 0.3 is 12.1 Å². The van der Waals surface area contributed by atoms with E-state index in [1.807, 2.05) is 60.7 Å². The minimum absolute atomic E-state index is 0.0307. The van der Waals surface area contributed by atoms with Gasteiger partial charge in [-0.2, -0.15) is 0 Å². The zero-order chi connectivity index (χ0) is 28.2. The van der Waals surface area contributed by atoms with Crippen molar-refractivity contribution in [1.29, 1.82) is 0 Å². The van der Waals surface area contributed by atoms with Gasteiger partial charge in [-0.15, -0.1) is 0 Å². The minimum Gasteiger partial charge on any atom is -0.491 e. The number of likely N-dealkylation sites (tertiary alicyclic amines) is 1. The van der Waals surface area contributed by atoms with Gasteiger partial charge < -0.3 is 24.0 Å². The number of amides is 1. The maximum Gasteiger partial charge on any atom is 0.410 e. The number of benzene rings is 3. The highest BCUT2D eigenvalue weighted by Crippen LogP contribution is 2.36. The Bertz CT molecular complexity index is 1510. The summed E-state index contributed by atoms with van der Waals surface area (Å²) in [5, 5.41) is 9.49. The number of imidazole rings is 1. The van der Waals surface area contributed by atoms with Crippen LogP contribution in [0.3, 0.4) is 0 Å². The summed E-state index contributed by atoms with van der Waals surface area (Å²) in [5.41, 5.74) is 3.84. The van der Waals surface area contributed by atoms with Gasteiger partial charge in [0.2, 0.25) is 0 Å². The van der Waals surface area contributed by atoms with Crippen molar-refractivity contribution in [2.45, 2.75) is 63.6 Å². The highest BCUT2D eigenvalue weighted by Gasteiger charge is 2.30. The van der Waals surface area contributed by atoms with E-state index in [1.165, 1.54) is 19.3 Å². The van der Waals surface area contributed by atoms with E-state index in [0.717, 1.165) is 53.9 Å². The van der Waals surface area contributed by atoms with E-state index in [1.54, 1.807) is 17.0 Å². The first-order valence-corrected chi connectivity index (χ1v) is 14.5. The zero-order valence-corrected chi connectivity index (χ0v) is 23.1. The van der Waals surface area contributed by atoms with Crippen LogP contribution in [0.15, 0.2) is 72.8 Å². The molecule has 2 heterocycles. The predicted octanol–water partition coefficient (Wildman–Crippen LogP) is 7.09. The zero-order valence-electron chi connectivity index (χ0n) is 23.1. The molecule has 212 valence electrons. The number of hydrogen-bond donors (Lipinski definition) is 1. The van der Waals surface area contributed by atoms with Crippen molar-refractivity contribution < 1.29 is 24.2 Å². The number of carboxylic acid groups (broad SMARTS) is 1. The molecular formula is C33H35N3O5. The van der Waals surface area contributed by atoms with E-state index in [0.29, 0.717) is 24.7 Å². The fourth-order valence-electron chi connectivity index (χ4n) is 6.09. The number of carbonyl (C=O) groups is 2. The molecule has 1 N–H and O–H groups in total. The molecule has 1 aliphatic carbocycles. The van der Waals surface area contributed by atoms with Crippen molar-refractivity contribution in [3.63, 3.8) is 0 Å². The summed E-state index contributed by atoms with van der Waals surface area (Å²) in [6.45, 7) is 1.33. The Balaban J connectivity index is 1.15. The number of ether oxygens (including phenoxy) is 2. The van der Waals surface area contributed by atoms with E-state index in [9.17, 15) is 14.7 Å². The van der Waals surface area contributed by atoms with Crippen LogP contribution in [0, 0.1) is 0 Å². The van der Waals surface area contributed by atoms with Crippen LogP contribution in [0.1, 0.15) is 66.9 Å². The molecule has 0 bridgehead atoms. The summed E-state index contributed by atoms with van der Waals surface area (Å²) < 4.78 is 14.0. The molecule has 8 heteroatoms. The van der Waals surface area contributed by atoms with Gasteiger partial charge in [-0.3, -0.25) is 0 Å². The SMILES string of the molecule is O=C(O)c1ccc2c(c1)nc(-c1ccc(OCC3CCCN3C(=O)OCc3ccccc3)cc1)n2C1CCCCC1. The fraction of sp³-hybridized carbons (Fsp3) is 0.364.